The van der Waals surface area contributed by atoms with E-state index in [9.17, 15) is 4.79 Å². The highest BCUT2D eigenvalue weighted by molar-refractivity contribution is 5.88. The number of aromatic nitrogens is 3. The molecule has 1 saturated carbocycles. The van der Waals surface area contributed by atoms with Crippen LogP contribution in [0.15, 0.2) is 16.5 Å². The van der Waals surface area contributed by atoms with Crippen molar-refractivity contribution >= 4 is 5.97 Å². The Morgan fingerprint density at radius 3 is 2.90 bits per heavy atom. The second-order valence-corrected chi connectivity index (χ2v) is 4.99. The molecule has 6 heteroatoms. The molecule has 0 radical (unpaired) electrons. The predicted octanol–water partition coefficient (Wildman–Crippen LogP) is 2.28. The minimum absolute atomic E-state index is 0.340. The molecule has 0 saturated heterocycles. The van der Waals surface area contributed by atoms with Crippen LogP contribution in [0.4, 0.5) is 0 Å². The van der Waals surface area contributed by atoms with Gasteiger partial charge in [-0.2, -0.15) is 0 Å². The number of hydrogen-bond donors (Lipinski definition) is 0. The molecule has 106 valence electrons. The second-order valence-electron chi connectivity index (χ2n) is 4.99. The molecule has 1 aliphatic carbocycles. The predicted molar refractivity (Wildman–Crippen MR) is 70.5 cm³/mol. The molecule has 2 heterocycles. The van der Waals surface area contributed by atoms with E-state index in [-0.39, 0.29) is 0 Å². The van der Waals surface area contributed by atoms with Crippen LogP contribution in [0.3, 0.4) is 0 Å². The summed E-state index contributed by atoms with van der Waals surface area (Å²) in [7, 11) is 0. The van der Waals surface area contributed by atoms with E-state index in [4.69, 9.17) is 9.15 Å². The zero-order chi connectivity index (χ0) is 14.1. The van der Waals surface area contributed by atoms with Crippen LogP contribution >= 0.6 is 0 Å². The van der Waals surface area contributed by atoms with Crippen molar-refractivity contribution in [3.63, 3.8) is 0 Å². The summed E-state index contributed by atoms with van der Waals surface area (Å²) in [6.45, 7) is 4.51. The average molecular weight is 275 g/mol. The van der Waals surface area contributed by atoms with E-state index in [1.807, 2.05) is 19.1 Å². The number of furan rings is 1. The molecule has 0 aromatic carbocycles. The standard InChI is InChI=1S/C14H17N3O3/c1-3-19-14(18)12-13(10-5-6-10)17(16-15-12)8-11-7-4-9(2)20-11/h4,7,10H,3,5-6,8H2,1-2H3. The SMILES string of the molecule is CCOC(=O)c1nnn(Cc2ccc(C)o2)c1C1CC1. The largest absolute Gasteiger partial charge is 0.464 e. The Hall–Kier alpha value is -2.11. The molecule has 0 unspecified atom stereocenters. The van der Waals surface area contributed by atoms with Crippen molar-refractivity contribution in [3.8, 4) is 0 Å². The number of nitrogens with zero attached hydrogens (tertiary/aromatic N) is 3. The van der Waals surface area contributed by atoms with Crippen molar-refractivity contribution in [2.24, 2.45) is 0 Å². The number of carbonyl (C=O) groups excluding carboxylic acids is 1. The Labute approximate surface area is 116 Å². The van der Waals surface area contributed by atoms with Crippen molar-refractivity contribution in [1.82, 2.24) is 15.0 Å². The number of esters is 1. The van der Waals surface area contributed by atoms with Crippen LogP contribution in [0.25, 0.3) is 0 Å². The van der Waals surface area contributed by atoms with Gasteiger partial charge in [0, 0.05) is 5.92 Å². The summed E-state index contributed by atoms with van der Waals surface area (Å²) in [6, 6.07) is 3.83. The van der Waals surface area contributed by atoms with Crippen LogP contribution in [0.1, 0.15) is 53.4 Å². The lowest BCUT2D eigenvalue weighted by Gasteiger charge is -2.05. The van der Waals surface area contributed by atoms with Gasteiger partial charge in [-0.05, 0) is 38.8 Å². The average Bonchev–Trinajstić information content (AvgIpc) is 3.05. The van der Waals surface area contributed by atoms with Gasteiger partial charge in [0.25, 0.3) is 0 Å². The number of aryl methyl sites for hydroxylation is 1. The molecule has 20 heavy (non-hydrogen) atoms. The molecular formula is C14H17N3O3. The first-order chi connectivity index (χ1) is 9.69. The molecule has 1 fully saturated rings. The summed E-state index contributed by atoms with van der Waals surface area (Å²) in [5.41, 5.74) is 1.22. The summed E-state index contributed by atoms with van der Waals surface area (Å²) in [4.78, 5) is 11.9. The third-order valence-electron chi connectivity index (χ3n) is 3.31. The van der Waals surface area contributed by atoms with Crippen LogP contribution in [0, 0.1) is 6.92 Å². The first-order valence-corrected chi connectivity index (χ1v) is 6.85. The third kappa shape index (κ3) is 2.45. The van der Waals surface area contributed by atoms with Crippen molar-refractivity contribution < 1.29 is 13.9 Å². The van der Waals surface area contributed by atoms with Gasteiger partial charge in [0.05, 0.1) is 12.3 Å². The normalized spacial score (nSPS) is 14.5. The molecule has 1 aliphatic rings. The van der Waals surface area contributed by atoms with Gasteiger partial charge in [-0.15, -0.1) is 5.10 Å². The molecule has 3 rings (SSSR count). The molecule has 0 spiro atoms. The number of rotatable bonds is 5. The fraction of sp³-hybridized carbons (Fsp3) is 0.500. The van der Waals surface area contributed by atoms with Crippen LogP contribution in [-0.4, -0.2) is 27.6 Å². The van der Waals surface area contributed by atoms with Crippen LogP contribution in [0.5, 0.6) is 0 Å². The zero-order valence-electron chi connectivity index (χ0n) is 11.6. The highest BCUT2D eigenvalue weighted by Gasteiger charge is 2.34. The van der Waals surface area contributed by atoms with E-state index in [2.05, 4.69) is 10.3 Å². The van der Waals surface area contributed by atoms with E-state index in [0.29, 0.717) is 24.8 Å². The molecule has 0 N–H and O–H groups in total. The second kappa shape index (κ2) is 5.11. The first kappa shape index (κ1) is 12.9. The monoisotopic (exact) mass is 275 g/mol. The molecular weight excluding hydrogens is 258 g/mol. The van der Waals surface area contributed by atoms with Crippen LogP contribution in [0.2, 0.25) is 0 Å². The Bertz CT molecular complexity index is 625. The van der Waals surface area contributed by atoms with Crippen molar-refractivity contribution in [2.75, 3.05) is 6.61 Å². The van der Waals surface area contributed by atoms with Gasteiger partial charge in [-0.1, -0.05) is 5.21 Å². The highest BCUT2D eigenvalue weighted by Crippen LogP contribution is 2.41. The van der Waals surface area contributed by atoms with Gasteiger partial charge >= 0.3 is 5.97 Å². The molecule has 0 amide bonds. The van der Waals surface area contributed by atoms with Gasteiger partial charge in [0.2, 0.25) is 0 Å². The van der Waals surface area contributed by atoms with Crippen molar-refractivity contribution in [2.45, 2.75) is 39.2 Å². The maximum atomic E-state index is 11.9. The van der Waals surface area contributed by atoms with Crippen molar-refractivity contribution in [3.05, 3.63) is 35.0 Å². The topological polar surface area (TPSA) is 70.2 Å². The van der Waals surface area contributed by atoms with Gasteiger partial charge in [0.15, 0.2) is 5.69 Å². The first-order valence-electron chi connectivity index (χ1n) is 6.85. The Morgan fingerprint density at radius 2 is 2.30 bits per heavy atom. The van der Waals surface area contributed by atoms with Crippen LogP contribution in [-0.2, 0) is 11.3 Å². The molecule has 0 bridgehead atoms. The Morgan fingerprint density at radius 1 is 1.50 bits per heavy atom. The Kier molecular flexibility index (Phi) is 3.30. The smallest absolute Gasteiger partial charge is 0.360 e. The number of hydrogen-bond acceptors (Lipinski definition) is 5. The highest BCUT2D eigenvalue weighted by atomic mass is 16.5. The summed E-state index contributed by atoms with van der Waals surface area (Å²) < 4.78 is 12.3. The molecule has 0 atom stereocenters. The fourth-order valence-corrected chi connectivity index (χ4v) is 2.26. The molecule has 0 aliphatic heterocycles. The minimum atomic E-state index is -0.392. The lowest BCUT2D eigenvalue weighted by molar-refractivity contribution is 0.0518. The van der Waals surface area contributed by atoms with Gasteiger partial charge in [-0.25, -0.2) is 9.48 Å². The summed E-state index contributed by atoms with van der Waals surface area (Å²) in [5.74, 6) is 1.64. The molecule has 2 aromatic rings. The van der Waals surface area contributed by atoms with E-state index in [0.717, 1.165) is 30.1 Å². The van der Waals surface area contributed by atoms with E-state index in [1.165, 1.54) is 0 Å². The van der Waals surface area contributed by atoms with E-state index in [1.54, 1.807) is 11.6 Å². The lowest BCUT2D eigenvalue weighted by atomic mass is 10.2. The fourth-order valence-electron chi connectivity index (χ4n) is 2.26. The molecule has 6 nitrogen and oxygen atoms in total. The summed E-state index contributed by atoms with van der Waals surface area (Å²) in [6.07, 6.45) is 2.13. The van der Waals surface area contributed by atoms with Gasteiger partial charge in [0.1, 0.15) is 18.1 Å². The maximum Gasteiger partial charge on any atom is 0.360 e. The molecule has 2 aromatic heterocycles. The maximum absolute atomic E-state index is 11.9. The minimum Gasteiger partial charge on any atom is -0.464 e. The zero-order valence-corrected chi connectivity index (χ0v) is 11.6. The van der Waals surface area contributed by atoms with E-state index < -0.39 is 5.97 Å². The van der Waals surface area contributed by atoms with Crippen LogP contribution < -0.4 is 0 Å². The van der Waals surface area contributed by atoms with Gasteiger partial charge < -0.3 is 9.15 Å². The number of carbonyl (C=O) groups is 1. The van der Waals surface area contributed by atoms with Crippen molar-refractivity contribution in [1.29, 1.82) is 0 Å². The number of ether oxygens (including phenoxy) is 1. The third-order valence-corrected chi connectivity index (χ3v) is 3.31. The lowest BCUT2D eigenvalue weighted by Crippen LogP contribution is -2.10. The summed E-state index contributed by atoms with van der Waals surface area (Å²) >= 11 is 0. The van der Waals surface area contributed by atoms with E-state index >= 15 is 0 Å². The van der Waals surface area contributed by atoms with Gasteiger partial charge in [-0.3, -0.25) is 0 Å². The summed E-state index contributed by atoms with van der Waals surface area (Å²) in [5, 5.41) is 8.09. The quantitative estimate of drug-likeness (QED) is 0.783. The Balaban J connectivity index is 1.89.